The maximum Gasteiger partial charge on any atom is 0.352 e. The predicted octanol–water partition coefficient (Wildman–Crippen LogP) is 3.41. The quantitative estimate of drug-likeness (QED) is 0.597. The fourth-order valence-corrected chi connectivity index (χ4v) is 3.84. The van der Waals surface area contributed by atoms with Gasteiger partial charge in [-0.15, -0.1) is 0 Å². The average Bonchev–Trinajstić information content (AvgIpc) is 3.11. The van der Waals surface area contributed by atoms with Gasteiger partial charge < -0.3 is 9.73 Å². The number of fused-ring (bicyclic) bond motifs is 3. The zero-order valence-electron chi connectivity index (χ0n) is 15.5. The van der Waals surface area contributed by atoms with Crippen molar-refractivity contribution in [2.75, 3.05) is 6.54 Å². The van der Waals surface area contributed by atoms with Crippen LogP contribution < -0.4 is 11.0 Å². The van der Waals surface area contributed by atoms with Crippen LogP contribution in [0.15, 0.2) is 70.0 Å². The van der Waals surface area contributed by atoms with Gasteiger partial charge in [0.1, 0.15) is 11.3 Å². The molecule has 0 bridgehead atoms. The van der Waals surface area contributed by atoms with E-state index in [0.717, 1.165) is 60.5 Å². The van der Waals surface area contributed by atoms with E-state index in [4.69, 9.17) is 4.42 Å². The van der Waals surface area contributed by atoms with Gasteiger partial charge in [-0.05, 0) is 36.6 Å². The first-order valence-electron chi connectivity index (χ1n) is 9.66. The SMILES string of the molecule is O=c1nc(CCc2ccccc2)ccn1-c1ccc2c3c(oc2c1)CCNC3. The lowest BCUT2D eigenvalue weighted by atomic mass is 10.1. The third-order valence-electron chi connectivity index (χ3n) is 5.34. The first-order valence-corrected chi connectivity index (χ1v) is 9.66. The summed E-state index contributed by atoms with van der Waals surface area (Å²) in [5.74, 6) is 1.05. The summed E-state index contributed by atoms with van der Waals surface area (Å²) in [4.78, 5) is 16.9. The van der Waals surface area contributed by atoms with Gasteiger partial charge >= 0.3 is 5.69 Å². The summed E-state index contributed by atoms with van der Waals surface area (Å²) in [6, 6.07) is 18.1. The second-order valence-electron chi connectivity index (χ2n) is 7.17. The highest BCUT2D eigenvalue weighted by Gasteiger charge is 2.17. The van der Waals surface area contributed by atoms with E-state index in [-0.39, 0.29) is 5.69 Å². The van der Waals surface area contributed by atoms with Gasteiger partial charge in [-0.3, -0.25) is 4.57 Å². The number of nitrogens with zero attached hydrogens (tertiary/aromatic N) is 2. The normalized spacial score (nSPS) is 13.6. The lowest BCUT2D eigenvalue weighted by molar-refractivity contribution is 0.500. The molecule has 1 aliphatic rings. The summed E-state index contributed by atoms with van der Waals surface area (Å²) in [5, 5.41) is 4.50. The van der Waals surface area contributed by atoms with Gasteiger partial charge in [0.2, 0.25) is 0 Å². The van der Waals surface area contributed by atoms with Crippen LogP contribution in [0.3, 0.4) is 0 Å². The average molecular weight is 371 g/mol. The van der Waals surface area contributed by atoms with Gasteiger partial charge in [0, 0.05) is 48.4 Å². The van der Waals surface area contributed by atoms with Crippen LogP contribution in [0.4, 0.5) is 0 Å². The van der Waals surface area contributed by atoms with Crippen LogP contribution in [0.25, 0.3) is 16.7 Å². The molecule has 0 fully saturated rings. The molecule has 5 heteroatoms. The molecule has 0 spiro atoms. The zero-order valence-corrected chi connectivity index (χ0v) is 15.5. The molecule has 1 aliphatic heterocycles. The minimum atomic E-state index is -0.261. The number of hydrogen-bond donors (Lipinski definition) is 1. The largest absolute Gasteiger partial charge is 0.461 e. The topological polar surface area (TPSA) is 60.1 Å². The molecule has 0 saturated heterocycles. The van der Waals surface area contributed by atoms with Crippen molar-refractivity contribution in [3.05, 3.63) is 93.9 Å². The number of hydrogen-bond acceptors (Lipinski definition) is 4. The van der Waals surface area contributed by atoms with Crippen LogP contribution in [0.1, 0.15) is 22.6 Å². The lowest BCUT2D eigenvalue weighted by Crippen LogP contribution is -2.22. The molecule has 1 N–H and O–H groups in total. The third kappa shape index (κ3) is 3.14. The van der Waals surface area contributed by atoms with Crippen molar-refractivity contribution in [2.45, 2.75) is 25.8 Å². The van der Waals surface area contributed by atoms with E-state index in [0.29, 0.717) is 0 Å². The van der Waals surface area contributed by atoms with Crippen LogP contribution >= 0.6 is 0 Å². The monoisotopic (exact) mass is 371 g/mol. The number of benzene rings is 2. The van der Waals surface area contributed by atoms with Crippen LogP contribution in [0.5, 0.6) is 0 Å². The van der Waals surface area contributed by atoms with Crippen LogP contribution in [0, 0.1) is 0 Å². The van der Waals surface area contributed by atoms with Gasteiger partial charge in [-0.1, -0.05) is 30.3 Å². The standard InChI is InChI=1S/C23H21N3O2/c27-23-25-17(7-6-16-4-2-1-3-5-16)11-13-26(23)18-8-9-19-20-15-24-12-10-21(20)28-22(19)14-18/h1-5,8-9,11,13-14,24H,6-7,10,12,15H2. The third-order valence-corrected chi connectivity index (χ3v) is 5.34. The first-order chi connectivity index (χ1) is 13.8. The summed E-state index contributed by atoms with van der Waals surface area (Å²) in [6.45, 7) is 1.77. The molecule has 0 radical (unpaired) electrons. The molecule has 4 aromatic rings. The molecule has 0 amide bonds. The van der Waals surface area contributed by atoms with Crippen molar-refractivity contribution < 1.29 is 4.42 Å². The molecule has 2 aromatic carbocycles. The molecule has 0 aliphatic carbocycles. The van der Waals surface area contributed by atoms with Gasteiger partial charge in [-0.25, -0.2) is 4.79 Å². The Morgan fingerprint density at radius 1 is 1.07 bits per heavy atom. The van der Waals surface area contributed by atoms with Crippen molar-refractivity contribution in [2.24, 2.45) is 0 Å². The fraction of sp³-hybridized carbons (Fsp3) is 0.217. The Morgan fingerprint density at radius 2 is 1.96 bits per heavy atom. The second kappa shape index (κ2) is 7.09. The fourth-order valence-electron chi connectivity index (χ4n) is 3.84. The van der Waals surface area contributed by atoms with E-state index in [2.05, 4.69) is 22.4 Å². The Kier molecular flexibility index (Phi) is 4.29. The van der Waals surface area contributed by atoms with E-state index in [1.807, 2.05) is 42.5 Å². The highest BCUT2D eigenvalue weighted by Crippen LogP contribution is 2.29. The van der Waals surface area contributed by atoms with Crippen molar-refractivity contribution in [1.29, 1.82) is 0 Å². The maximum atomic E-state index is 12.6. The predicted molar refractivity (Wildman–Crippen MR) is 109 cm³/mol. The van der Waals surface area contributed by atoms with Crippen LogP contribution in [-0.2, 0) is 25.8 Å². The second-order valence-corrected chi connectivity index (χ2v) is 7.17. The molecule has 28 heavy (non-hydrogen) atoms. The number of rotatable bonds is 4. The van der Waals surface area contributed by atoms with E-state index in [9.17, 15) is 4.79 Å². The highest BCUT2D eigenvalue weighted by atomic mass is 16.3. The lowest BCUT2D eigenvalue weighted by Gasteiger charge is -2.10. The highest BCUT2D eigenvalue weighted by molar-refractivity contribution is 5.84. The Balaban J connectivity index is 1.42. The molecule has 0 saturated carbocycles. The summed E-state index contributed by atoms with van der Waals surface area (Å²) < 4.78 is 7.60. The summed E-state index contributed by atoms with van der Waals surface area (Å²) >= 11 is 0. The Bertz CT molecular complexity index is 1190. The van der Waals surface area contributed by atoms with Crippen LogP contribution in [0.2, 0.25) is 0 Å². The Labute approximate surface area is 162 Å². The van der Waals surface area contributed by atoms with Crippen LogP contribution in [-0.4, -0.2) is 16.1 Å². The molecule has 140 valence electrons. The smallest absolute Gasteiger partial charge is 0.352 e. The molecule has 5 nitrogen and oxygen atoms in total. The summed E-state index contributed by atoms with van der Waals surface area (Å²) in [6.07, 6.45) is 4.32. The Hall–Kier alpha value is -3.18. The minimum absolute atomic E-state index is 0.261. The van der Waals surface area contributed by atoms with Gasteiger partial charge in [0.15, 0.2) is 0 Å². The van der Waals surface area contributed by atoms with Gasteiger partial charge in [0.25, 0.3) is 0 Å². The van der Waals surface area contributed by atoms with E-state index in [1.165, 1.54) is 11.1 Å². The molecular formula is C23H21N3O2. The van der Waals surface area contributed by atoms with Crippen molar-refractivity contribution in [3.63, 3.8) is 0 Å². The summed E-state index contributed by atoms with van der Waals surface area (Å²) in [5.41, 5.74) is 4.63. The maximum absolute atomic E-state index is 12.6. The van der Waals surface area contributed by atoms with Crippen molar-refractivity contribution >= 4 is 11.0 Å². The van der Waals surface area contributed by atoms with E-state index in [1.54, 1.807) is 10.8 Å². The van der Waals surface area contributed by atoms with Crippen molar-refractivity contribution in [1.82, 2.24) is 14.9 Å². The number of furan rings is 1. The molecule has 0 atom stereocenters. The Morgan fingerprint density at radius 3 is 2.82 bits per heavy atom. The molecule has 3 heterocycles. The zero-order chi connectivity index (χ0) is 18.9. The van der Waals surface area contributed by atoms with E-state index < -0.39 is 0 Å². The first kappa shape index (κ1) is 17.0. The number of aromatic nitrogens is 2. The molecule has 5 rings (SSSR count). The minimum Gasteiger partial charge on any atom is -0.461 e. The van der Waals surface area contributed by atoms with Crippen molar-refractivity contribution in [3.8, 4) is 5.69 Å². The van der Waals surface area contributed by atoms with Gasteiger partial charge in [-0.2, -0.15) is 4.98 Å². The molecule has 0 unspecified atom stereocenters. The van der Waals surface area contributed by atoms with E-state index >= 15 is 0 Å². The molecular weight excluding hydrogens is 350 g/mol. The number of aryl methyl sites for hydroxylation is 2. The number of nitrogens with one attached hydrogen (secondary N) is 1. The summed E-state index contributed by atoms with van der Waals surface area (Å²) in [7, 11) is 0. The molecule has 2 aromatic heterocycles. The van der Waals surface area contributed by atoms with Gasteiger partial charge in [0.05, 0.1) is 5.69 Å².